The van der Waals surface area contributed by atoms with Gasteiger partial charge in [-0.1, -0.05) is 26.3 Å². The third kappa shape index (κ3) is 8.88. The molecule has 0 atom stereocenters. The molecule has 0 aromatic rings. The van der Waals surface area contributed by atoms with Crippen molar-refractivity contribution in [1.29, 1.82) is 0 Å². The van der Waals surface area contributed by atoms with Gasteiger partial charge in [-0.3, -0.25) is 4.18 Å². The van der Waals surface area contributed by atoms with Gasteiger partial charge >= 0.3 is 5.97 Å². The van der Waals surface area contributed by atoms with Crippen LogP contribution >= 0.6 is 0 Å². The summed E-state index contributed by atoms with van der Waals surface area (Å²) >= 11 is 0. The number of rotatable bonds is 9. The Kier molecular flexibility index (Phi) is 7.82. The van der Waals surface area contributed by atoms with E-state index < -0.39 is 16.1 Å². The highest BCUT2D eigenvalue weighted by Gasteiger charge is 2.11. The van der Waals surface area contributed by atoms with Crippen LogP contribution in [0.1, 0.15) is 33.1 Å². The van der Waals surface area contributed by atoms with E-state index in [9.17, 15) is 13.2 Å². The molecule has 0 fully saturated rings. The van der Waals surface area contributed by atoms with Crippen molar-refractivity contribution in [2.45, 2.75) is 33.1 Å². The normalized spacial score (nSPS) is 11.2. The Bertz CT molecular complexity index is 345. The van der Waals surface area contributed by atoms with Crippen LogP contribution < -0.4 is 0 Å². The fourth-order valence-corrected chi connectivity index (χ4v) is 2.00. The molecular formula is C11H20O5S. The molecule has 0 N–H and O–H groups in total. The Balaban J connectivity index is 3.73. The van der Waals surface area contributed by atoms with Gasteiger partial charge in [-0.05, 0) is 13.3 Å². The predicted octanol–water partition coefficient (Wildman–Crippen LogP) is 1.64. The van der Waals surface area contributed by atoms with E-state index in [1.807, 2.05) is 6.92 Å². The number of esters is 1. The zero-order valence-electron chi connectivity index (χ0n) is 10.4. The molecule has 0 spiro atoms. The maximum absolute atomic E-state index is 11.3. The van der Waals surface area contributed by atoms with Crippen molar-refractivity contribution in [3.05, 3.63) is 12.2 Å². The summed E-state index contributed by atoms with van der Waals surface area (Å²) in [6.07, 6.45) is 2.39. The minimum absolute atomic E-state index is 0.00920. The SMILES string of the molecule is C=C(C)C(=O)OCCOS(=O)(=O)CCCCC. The van der Waals surface area contributed by atoms with E-state index in [0.29, 0.717) is 6.42 Å². The maximum Gasteiger partial charge on any atom is 0.333 e. The van der Waals surface area contributed by atoms with E-state index in [-0.39, 0.29) is 24.5 Å². The molecule has 0 saturated carbocycles. The molecule has 0 aliphatic heterocycles. The first-order valence-electron chi connectivity index (χ1n) is 5.58. The highest BCUT2D eigenvalue weighted by Crippen LogP contribution is 2.01. The Morgan fingerprint density at radius 2 is 1.88 bits per heavy atom. The summed E-state index contributed by atoms with van der Waals surface area (Å²) < 4.78 is 32.0. The molecule has 0 radical (unpaired) electrons. The zero-order chi connectivity index (χ0) is 13.3. The van der Waals surface area contributed by atoms with E-state index in [0.717, 1.165) is 12.8 Å². The van der Waals surface area contributed by atoms with Crippen molar-refractivity contribution in [2.75, 3.05) is 19.0 Å². The van der Waals surface area contributed by atoms with Crippen LogP contribution in [0.2, 0.25) is 0 Å². The van der Waals surface area contributed by atoms with Gasteiger partial charge in [-0.25, -0.2) is 4.79 Å². The van der Waals surface area contributed by atoms with Gasteiger partial charge in [-0.15, -0.1) is 0 Å². The summed E-state index contributed by atoms with van der Waals surface area (Å²) in [4.78, 5) is 11.0. The first kappa shape index (κ1) is 16.1. The lowest BCUT2D eigenvalue weighted by Crippen LogP contribution is -2.16. The van der Waals surface area contributed by atoms with Gasteiger partial charge in [0.05, 0.1) is 5.75 Å². The van der Waals surface area contributed by atoms with Gasteiger partial charge < -0.3 is 4.74 Å². The molecule has 0 saturated heterocycles. The van der Waals surface area contributed by atoms with Crippen LogP contribution in [0, 0.1) is 0 Å². The molecule has 0 aromatic carbocycles. The zero-order valence-corrected chi connectivity index (χ0v) is 11.2. The Morgan fingerprint density at radius 1 is 1.24 bits per heavy atom. The number of unbranched alkanes of at least 4 members (excludes halogenated alkanes) is 2. The lowest BCUT2D eigenvalue weighted by molar-refractivity contribution is -0.139. The molecule has 6 heteroatoms. The first-order chi connectivity index (χ1) is 7.89. The summed E-state index contributed by atoms with van der Waals surface area (Å²) in [5.41, 5.74) is 0.274. The second kappa shape index (κ2) is 8.25. The Morgan fingerprint density at radius 3 is 2.41 bits per heavy atom. The molecule has 17 heavy (non-hydrogen) atoms. The third-order valence-electron chi connectivity index (χ3n) is 1.93. The minimum atomic E-state index is -3.49. The highest BCUT2D eigenvalue weighted by atomic mass is 32.2. The molecule has 0 aliphatic carbocycles. The molecule has 5 nitrogen and oxygen atoms in total. The molecule has 100 valence electrons. The Hall–Kier alpha value is -0.880. The van der Waals surface area contributed by atoms with Crippen LogP contribution in [0.5, 0.6) is 0 Å². The summed E-state index contributed by atoms with van der Waals surface area (Å²) in [6.45, 7) is 6.68. The second-order valence-electron chi connectivity index (χ2n) is 3.71. The standard InChI is InChI=1S/C11H20O5S/c1-4-5-6-9-17(13,14)16-8-7-15-11(12)10(2)3/h2,4-9H2,1,3H3. The monoisotopic (exact) mass is 264 g/mol. The van der Waals surface area contributed by atoms with Gasteiger partial charge in [0.25, 0.3) is 10.1 Å². The molecule has 0 heterocycles. The number of carbonyl (C=O) groups is 1. The quantitative estimate of drug-likeness (QED) is 0.274. The largest absolute Gasteiger partial charge is 0.460 e. The summed E-state index contributed by atoms with van der Waals surface area (Å²) in [5, 5.41) is 0. The summed E-state index contributed by atoms with van der Waals surface area (Å²) in [6, 6.07) is 0. The van der Waals surface area contributed by atoms with Crippen LogP contribution in [-0.4, -0.2) is 33.4 Å². The fourth-order valence-electron chi connectivity index (χ4n) is 1.01. The van der Waals surface area contributed by atoms with E-state index in [2.05, 4.69) is 10.8 Å². The van der Waals surface area contributed by atoms with Crippen LogP contribution in [0.4, 0.5) is 0 Å². The molecule has 0 aliphatic rings. The van der Waals surface area contributed by atoms with Crippen molar-refractivity contribution in [3.8, 4) is 0 Å². The third-order valence-corrected chi connectivity index (χ3v) is 3.24. The van der Waals surface area contributed by atoms with E-state index in [4.69, 9.17) is 4.74 Å². The topological polar surface area (TPSA) is 69.7 Å². The minimum Gasteiger partial charge on any atom is -0.460 e. The number of carbonyl (C=O) groups excluding carboxylic acids is 1. The van der Waals surface area contributed by atoms with Crippen molar-refractivity contribution in [2.24, 2.45) is 0 Å². The number of ether oxygens (including phenoxy) is 1. The van der Waals surface area contributed by atoms with E-state index in [1.54, 1.807) is 0 Å². The van der Waals surface area contributed by atoms with Gasteiger partial charge in [0, 0.05) is 5.57 Å². The molecule has 0 unspecified atom stereocenters. The van der Waals surface area contributed by atoms with Gasteiger partial charge in [0.15, 0.2) is 0 Å². The van der Waals surface area contributed by atoms with Crippen LogP contribution in [0.3, 0.4) is 0 Å². The number of hydrogen-bond acceptors (Lipinski definition) is 5. The summed E-state index contributed by atoms with van der Waals surface area (Å²) in [5.74, 6) is -0.535. The van der Waals surface area contributed by atoms with Gasteiger partial charge in [0.1, 0.15) is 13.2 Å². The molecular weight excluding hydrogens is 244 g/mol. The maximum atomic E-state index is 11.3. The van der Waals surface area contributed by atoms with Crippen molar-refractivity contribution in [1.82, 2.24) is 0 Å². The van der Waals surface area contributed by atoms with E-state index in [1.165, 1.54) is 6.92 Å². The molecule has 0 bridgehead atoms. The van der Waals surface area contributed by atoms with Gasteiger partial charge in [-0.2, -0.15) is 8.42 Å². The van der Waals surface area contributed by atoms with Crippen molar-refractivity contribution >= 4 is 16.1 Å². The lowest BCUT2D eigenvalue weighted by Gasteiger charge is -2.06. The fraction of sp³-hybridized carbons (Fsp3) is 0.727. The first-order valence-corrected chi connectivity index (χ1v) is 7.16. The van der Waals surface area contributed by atoms with Crippen molar-refractivity contribution in [3.63, 3.8) is 0 Å². The second-order valence-corrected chi connectivity index (χ2v) is 5.47. The van der Waals surface area contributed by atoms with Crippen LogP contribution in [0.25, 0.3) is 0 Å². The van der Waals surface area contributed by atoms with Gasteiger partial charge in [0.2, 0.25) is 0 Å². The average Bonchev–Trinajstić information content (AvgIpc) is 2.24. The van der Waals surface area contributed by atoms with Crippen molar-refractivity contribution < 1.29 is 22.1 Å². The molecule has 0 amide bonds. The average molecular weight is 264 g/mol. The summed E-state index contributed by atoms with van der Waals surface area (Å²) in [7, 11) is -3.49. The lowest BCUT2D eigenvalue weighted by atomic mass is 10.3. The van der Waals surface area contributed by atoms with Crippen LogP contribution in [0.15, 0.2) is 12.2 Å². The predicted molar refractivity (Wildman–Crippen MR) is 65.0 cm³/mol. The van der Waals surface area contributed by atoms with E-state index >= 15 is 0 Å². The number of hydrogen-bond donors (Lipinski definition) is 0. The highest BCUT2D eigenvalue weighted by molar-refractivity contribution is 7.86. The van der Waals surface area contributed by atoms with Crippen LogP contribution in [-0.2, 0) is 23.8 Å². The smallest absolute Gasteiger partial charge is 0.333 e. The molecule has 0 aromatic heterocycles. The Labute approximate surface area is 103 Å². The molecule has 0 rings (SSSR count).